The molecule has 0 bridgehead atoms. The van der Waals surface area contributed by atoms with E-state index in [0.717, 1.165) is 11.1 Å². The molecule has 0 saturated heterocycles. The Labute approximate surface area is 123 Å². The number of hydrogen-bond acceptors (Lipinski definition) is 2. The van der Waals surface area contributed by atoms with E-state index < -0.39 is 17.4 Å². The standard InChI is InChI=1S/C17H11F3O2/c18-17(19,20)14-10-16(21)22-15-7-6-12(9-13(14)15)8-11-4-2-1-3-5-11/h1-7,9-10H,8H2. The molecule has 0 aliphatic rings. The molecule has 0 N–H and O–H groups in total. The zero-order valence-electron chi connectivity index (χ0n) is 11.4. The average molecular weight is 304 g/mol. The van der Waals surface area contributed by atoms with Gasteiger partial charge in [0.15, 0.2) is 0 Å². The third-order valence-electron chi connectivity index (χ3n) is 3.36. The Morgan fingerprint density at radius 2 is 1.64 bits per heavy atom. The minimum Gasteiger partial charge on any atom is -0.423 e. The molecule has 1 heterocycles. The van der Waals surface area contributed by atoms with Crippen LogP contribution in [-0.4, -0.2) is 0 Å². The second kappa shape index (κ2) is 5.33. The van der Waals surface area contributed by atoms with Crippen LogP contribution in [0.4, 0.5) is 13.2 Å². The lowest BCUT2D eigenvalue weighted by Gasteiger charge is -2.10. The fourth-order valence-electron chi connectivity index (χ4n) is 2.39. The summed E-state index contributed by atoms with van der Waals surface area (Å²) in [7, 11) is 0. The summed E-state index contributed by atoms with van der Waals surface area (Å²) in [5, 5.41) is -0.0967. The van der Waals surface area contributed by atoms with E-state index in [1.165, 1.54) is 12.1 Å². The zero-order chi connectivity index (χ0) is 15.7. The van der Waals surface area contributed by atoms with Gasteiger partial charge in [-0.25, -0.2) is 4.79 Å². The first kappa shape index (κ1) is 14.4. The predicted molar refractivity (Wildman–Crippen MR) is 76.7 cm³/mol. The van der Waals surface area contributed by atoms with E-state index in [-0.39, 0.29) is 11.0 Å². The van der Waals surface area contributed by atoms with Gasteiger partial charge in [0.2, 0.25) is 0 Å². The Kier molecular flexibility index (Phi) is 3.48. The van der Waals surface area contributed by atoms with Crippen LogP contribution < -0.4 is 5.63 Å². The highest BCUT2D eigenvalue weighted by Crippen LogP contribution is 2.34. The first-order chi connectivity index (χ1) is 10.4. The maximum atomic E-state index is 13.1. The minimum absolute atomic E-state index is 0.0587. The molecular formula is C17H11F3O2. The van der Waals surface area contributed by atoms with Gasteiger partial charge in [-0.3, -0.25) is 0 Å². The van der Waals surface area contributed by atoms with Crippen LogP contribution in [0.25, 0.3) is 11.0 Å². The molecule has 0 aliphatic carbocycles. The van der Waals surface area contributed by atoms with Crippen LogP contribution in [0.3, 0.4) is 0 Å². The first-order valence-electron chi connectivity index (χ1n) is 6.61. The largest absolute Gasteiger partial charge is 0.423 e. The molecule has 0 saturated carbocycles. The number of halogens is 3. The molecule has 22 heavy (non-hydrogen) atoms. The smallest absolute Gasteiger partial charge is 0.417 e. The monoisotopic (exact) mass is 304 g/mol. The molecule has 2 nitrogen and oxygen atoms in total. The number of rotatable bonds is 2. The van der Waals surface area contributed by atoms with E-state index in [4.69, 9.17) is 4.42 Å². The molecule has 3 aromatic rings. The van der Waals surface area contributed by atoms with E-state index >= 15 is 0 Å². The second-order valence-electron chi connectivity index (χ2n) is 4.97. The number of hydrogen-bond donors (Lipinski definition) is 0. The van der Waals surface area contributed by atoms with Crippen LogP contribution in [0, 0.1) is 0 Å². The average Bonchev–Trinajstić information content (AvgIpc) is 2.47. The van der Waals surface area contributed by atoms with Crippen LogP contribution in [0.2, 0.25) is 0 Å². The quantitative estimate of drug-likeness (QED) is 0.657. The molecule has 112 valence electrons. The Hall–Kier alpha value is -2.56. The van der Waals surface area contributed by atoms with Gasteiger partial charge in [0.1, 0.15) is 5.58 Å². The minimum atomic E-state index is -4.60. The predicted octanol–water partition coefficient (Wildman–Crippen LogP) is 4.40. The van der Waals surface area contributed by atoms with Crippen LogP contribution in [0.15, 0.2) is 63.8 Å². The lowest BCUT2D eigenvalue weighted by molar-refractivity contribution is -0.136. The molecule has 0 amide bonds. The molecule has 0 radical (unpaired) electrons. The summed E-state index contributed by atoms with van der Waals surface area (Å²) in [5.41, 5.74) is -0.313. The van der Waals surface area contributed by atoms with Gasteiger partial charge < -0.3 is 4.42 Å². The van der Waals surface area contributed by atoms with Crippen molar-refractivity contribution in [3.8, 4) is 0 Å². The Balaban J connectivity index is 2.12. The van der Waals surface area contributed by atoms with E-state index in [1.54, 1.807) is 6.07 Å². The fraction of sp³-hybridized carbons (Fsp3) is 0.118. The molecule has 0 aliphatic heterocycles. The van der Waals surface area contributed by atoms with Crippen LogP contribution in [0.1, 0.15) is 16.7 Å². The van der Waals surface area contributed by atoms with Gasteiger partial charge in [-0.15, -0.1) is 0 Å². The molecule has 0 atom stereocenters. The van der Waals surface area contributed by atoms with Crippen molar-refractivity contribution in [2.24, 2.45) is 0 Å². The second-order valence-corrected chi connectivity index (χ2v) is 4.97. The maximum absolute atomic E-state index is 13.1. The molecule has 1 aromatic heterocycles. The highest BCUT2D eigenvalue weighted by Gasteiger charge is 2.33. The normalized spacial score (nSPS) is 11.8. The summed E-state index contributed by atoms with van der Waals surface area (Å²) < 4.78 is 44.1. The molecule has 0 fully saturated rings. The van der Waals surface area contributed by atoms with Gasteiger partial charge in [0.25, 0.3) is 0 Å². The zero-order valence-corrected chi connectivity index (χ0v) is 11.4. The van der Waals surface area contributed by atoms with Crippen molar-refractivity contribution in [1.82, 2.24) is 0 Å². The van der Waals surface area contributed by atoms with Crippen LogP contribution in [0.5, 0.6) is 0 Å². The van der Waals surface area contributed by atoms with E-state index in [2.05, 4.69) is 0 Å². The van der Waals surface area contributed by atoms with Gasteiger partial charge in [-0.05, 0) is 29.7 Å². The molecule has 2 aromatic carbocycles. The summed E-state index contributed by atoms with van der Waals surface area (Å²) in [6.07, 6.45) is -4.09. The van der Waals surface area contributed by atoms with Gasteiger partial charge in [0.05, 0.1) is 5.56 Å². The Morgan fingerprint density at radius 3 is 2.32 bits per heavy atom. The summed E-state index contributed by atoms with van der Waals surface area (Å²) in [5.74, 6) is 0. The van der Waals surface area contributed by atoms with Gasteiger partial charge in [-0.1, -0.05) is 36.4 Å². The maximum Gasteiger partial charge on any atom is 0.417 e. The number of fused-ring (bicyclic) bond motifs is 1. The van der Waals surface area contributed by atoms with E-state index in [1.807, 2.05) is 30.3 Å². The molecule has 0 spiro atoms. The van der Waals surface area contributed by atoms with Crippen molar-refractivity contribution in [3.63, 3.8) is 0 Å². The molecule has 5 heteroatoms. The van der Waals surface area contributed by atoms with E-state index in [9.17, 15) is 18.0 Å². The highest BCUT2D eigenvalue weighted by molar-refractivity contribution is 5.81. The summed E-state index contributed by atoms with van der Waals surface area (Å²) in [6.45, 7) is 0. The molecular weight excluding hydrogens is 293 g/mol. The SMILES string of the molecule is O=c1cc(C(F)(F)F)c2cc(Cc3ccccc3)ccc2o1. The topological polar surface area (TPSA) is 30.2 Å². The highest BCUT2D eigenvalue weighted by atomic mass is 19.4. The van der Waals surface area contributed by atoms with Gasteiger partial charge in [0, 0.05) is 11.5 Å². The third-order valence-corrected chi connectivity index (χ3v) is 3.36. The Morgan fingerprint density at radius 1 is 0.909 bits per heavy atom. The molecule has 0 unspecified atom stereocenters. The van der Waals surface area contributed by atoms with Crippen molar-refractivity contribution in [2.75, 3.05) is 0 Å². The van der Waals surface area contributed by atoms with Crippen LogP contribution in [-0.2, 0) is 12.6 Å². The van der Waals surface area contributed by atoms with Crippen molar-refractivity contribution in [2.45, 2.75) is 12.6 Å². The summed E-state index contributed by atoms with van der Waals surface area (Å²) in [4.78, 5) is 11.3. The summed E-state index contributed by atoms with van der Waals surface area (Å²) in [6, 6.07) is 14.4. The van der Waals surface area contributed by atoms with Gasteiger partial charge >= 0.3 is 11.8 Å². The van der Waals surface area contributed by atoms with Crippen molar-refractivity contribution < 1.29 is 17.6 Å². The third kappa shape index (κ3) is 2.88. The van der Waals surface area contributed by atoms with Gasteiger partial charge in [-0.2, -0.15) is 13.2 Å². The van der Waals surface area contributed by atoms with Crippen molar-refractivity contribution in [3.05, 3.63) is 81.7 Å². The lowest BCUT2D eigenvalue weighted by Crippen LogP contribution is -2.11. The van der Waals surface area contributed by atoms with Crippen molar-refractivity contribution in [1.29, 1.82) is 0 Å². The fourth-order valence-corrected chi connectivity index (χ4v) is 2.39. The Bertz CT molecular complexity index is 864. The van der Waals surface area contributed by atoms with Crippen LogP contribution >= 0.6 is 0 Å². The van der Waals surface area contributed by atoms with Crippen molar-refractivity contribution >= 4 is 11.0 Å². The molecule has 3 rings (SSSR count). The first-order valence-corrected chi connectivity index (χ1v) is 6.61. The number of benzene rings is 2. The summed E-state index contributed by atoms with van der Waals surface area (Å²) >= 11 is 0. The number of alkyl halides is 3. The van der Waals surface area contributed by atoms with E-state index in [0.29, 0.717) is 12.5 Å². The lowest BCUT2D eigenvalue weighted by atomic mass is 10.0.